The minimum Gasteiger partial charge on any atom is -0.378 e. The molecule has 0 unspecified atom stereocenters. The molecule has 0 amide bonds. The summed E-state index contributed by atoms with van der Waals surface area (Å²) >= 11 is 5.96. The van der Waals surface area contributed by atoms with Crippen LogP contribution in [-0.4, -0.2) is 25.3 Å². The molecule has 0 saturated heterocycles. The van der Waals surface area contributed by atoms with Crippen molar-refractivity contribution in [1.29, 1.82) is 0 Å². The Hall–Kier alpha value is -1.32. The molecule has 2 atom stereocenters. The minimum atomic E-state index is -3.52. The number of nitrogens with zero attached hydrogens (tertiary/aromatic N) is 1. The van der Waals surface area contributed by atoms with Crippen LogP contribution >= 0.6 is 19.0 Å². The van der Waals surface area contributed by atoms with Gasteiger partial charge in [0.25, 0.3) is 7.37 Å². The lowest BCUT2D eigenvalue weighted by Crippen LogP contribution is -2.22. The van der Waals surface area contributed by atoms with Crippen molar-refractivity contribution >= 4 is 30.0 Å². The van der Waals surface area contributed by atoms with E-state index in [2.05, 4.69) is 0 Å². The van der Waals surface area contributed by atoms with Crippen molar-refractivity contribution in [3.05, 3.63) is 59.1 Å². The first-order valence-electron chi connectivity index (χ1n) is 9.40. The van der Waals surface area contributed by atoms with Crippen molar-refractivity contribution < 1.29 is 14.2 Å². The SMILES string of the molecule is CN(C)c1ccc([P@](=O)(OC2CCCCC2)[C@H](O)c2ccc(Cl)cc2)cc1. The van der Waals surface area contributed by atoms with Crippen molar-refractivity contribution in [3.63, 3.8) is 0 Å². The van der Waals surface area contributed by atoms with Crippen LogP contribution in [0.1, 0.15) is 43.5 Å². The average Bonchev–Trinajstić information content (AvgIpc) is 2.69. The molecule has 1 saturated carbocycles. The third-order valence-electron chi connectivity index (χ3n) is 5.07. The van der Waals surface area contributed by atoms with Gasteiger partial charge in [-0.25, -0.2) is 0 Å². The normalized spacial score (nSPS) is 18.7. The molecule has 1 aliphatic rings. The maximum atomic E-state index is 14.0. The quantitative estimate of drug-likeness (QED) is 0.656. The molecule has 2 aromatic rings. The fourth-order valence-corrected chi connectivity index (χ4v) is 5.87. The lowest BCUT2D eigenvalue weighted by molar-refractivity contribution is 0.137. The molecule has 1 N–H and O–H groups in total. The van der Waals surface area contributed by atoms with E-state index in [0.29, 0.717) is 15.9 Å². The van der Waals surface area contributed by atoms with Gasteiger partial charge in [0.1, 0.15) is 0 Å². The average molecular weight is 408 g/mol. The number of aliphatic hydroxyl groups is 1. The van der Waals surface area contributed by atoms with Crippen molar-refractivity contribution in [2.45, 2.75) is 44.1 Å². The third-order valence-corrected chi connectivity index (χ3v) is 7.90. The summed E-state index contributed by atoms with van der Waals surface area (Å²) in [5, 5.41) is 12.2. The van der Waals surface area contributed by atoms with Gasteiger partial charge in [0, 0.05) is 30.1 Å². The summed E-state index contributed by atoms with van der Waals surface area (Å²) in [6.45, 7) is 0. The molecular weight excluding hydrogens is 381 g/mol. The highest BCUT2D eigenvalue weighted by Gasteiger charge is 2.39. The van der Waals surface area contributed by atoms with E-state index in [1.54, 1.807) is 36.4 Å². The van der Waals surface area contributed by atoms with E-state index in [4.69, 9.17) is 16.1 Å². The van der Waals surface area contributed by atoms with Gasteiger partial charge in [0.15, 0.2) is 5.85 Å². The van der Waals surface area contributed by atoms with Gasteiger partial charge in [0.2, 0.25) is 0 Å². The van der Waals surface area contributed by atoms with Crippen LogP contribution in [0.2, 0.25) is 5.02 Å². The highest BCUT2D eigenvalue weighted by atomic mass is 35.5. The molecule has 146 valence electrons. The Balaban J connectivity index is 1.96. The van der Waals surface area contributed by atoms with Gasteiger partial charge < -0.3 is 14.5 Å². The van der Waals surface area contributed by atoms with Gasteiger partial charge >= 0.3 is 0 Å². The third kappa shape index (κ3) is 4.75. The van der Waals surface area contributed by atoms with Gasteiger partial charge in [-0.3, -0.25) is 4.57 Å². The Morgan fingerprint density at radius 2 is 1.63 bits per heavy atom. The van der Waals surface area contributed by atoms with Crippen LogP contribution in [-0.2, 0) is 9.09 Å². The maximum absolute atomic E-state index is 14.0. The van der Waals surface area contributed by atoms with Gasteiger partial charge in [-0.1, -0.05) is 43.0 Å². The van der Waals surface area contributed by atoms with E-state index in [0.717, 1.165) is 31.4 Å². The van der Waals surface area contributed by atoms with E-state index in [1.165, 1.54) is 6.42 Å². The van der Waals surface area contributed by atoms with Gasteiger partial charge in [0.05, 0.1) is 6.10 Å². The lowest BCUT2D eigenvalue weighted by atomic mass is 9.98. The van der Waals surface area contributed by atoms with E-state index < -0.39 is 13.2 Å². The first-order valence-corrected chi connectivity index (χ1v) is 11.5. The zero-order valence-electron chi connectivity index (χ0n) is 15.8. The molecule has 6 heteroatoms. The number of halogens is 1. The van der Waals surface area contributed by atoms with Crippen LogP contribution in [0.15, 0.2) is 48.5 Å². The molecule has 3 rings (SSSR count). The Bertz CT molecular complexity index is 786. The fraction of sp³-hybridized carbons (Fsp3) is 0.429. The largest absolute Gasteiger partial charge is 0.378 e. The topological polar surface area (TPSA) is 49.8 Å². The summed E-state index contributed by atoms with van der Waals surface area (Å²) in [5.74, 6) is -1.22. The molecule has 1 fully saturated rings. The fourth-order valence-electron chi connectivity index (χ4n) is 3.44. The number of hydrogen-bond acceptors (Lipinski definition) is 4. The Morgan fingerprint density at radius 1 is 1.04 bits per heavy atom. The second-order valence-corrected chi connectivity index (χ2v) is 10.1. The molecule has 0 bridgehead atoms. The smallest absolute Gasteiger partial charge is 0.264 e. The molecule has 1 aliphatic carbocycles. The lowest BCUT2D eigenvalue weighted by Gasteiger charge is -2.31. The van der Waals surface area contributed by atoms with E-state index in [1.807, 2.05) is 31.1 Å². The zero-order valence-corrected chi connectivity index (χ0v) is 17.5. The summed E-state index contributed by atoms with van der Waals surface area (Å²) in [5.41, 5.74) is 1.55. The highest BCUT2D eigenvalue weighted by Crippen LogP contribution is 2.59. The summed E-state index contributed by atoms with van der Waals surface area (Å²) in [7, 11) is 0.384. The van der Waals surface area contributed by atoms with Gasteiger partial charge in [-0.2, -0.15) is 0 Å². The maximum Gasteiger partial charge on any atom is 0.264 e. The molecule has 0 heterocycles. The standard InChI is InChI=1S/C21H27ClNO3P/c1-23(2)18-12-14-20(15-13-18)27(25,26-19-6-4-3-5-7-19)21(24)16-8-10-17(22)11-9-16/h8-15,19,21,24H,3-7H2,1-2H3/t21-,27-/m0/s1. The number of hydrogen-bond donors (Lipinski definition) is 1. The molecule has 27 heavy (non-hydrogen) atoms. The van der Waals surface area contributed by atoms with Gasteiger partial charge in [-0.05, 0) is 54.8 Å². The van der Waals surface area contributed by atoms with Crippen molar-refractivity contribution in [3.8, 4) is 0 Å². The monoisotopic (exact) mass is 407 g/mol. The molecule has 0 aromatic heterocycles. The first kappa shape index (κ1) is 20.4. The summed E-state index contributed by atoms with van der Waals surface area (Å²) in [6.07, 6.45) is 5.00. The summed E-state index contributed by atoms with van der Waals surface area (Å²) in [4.78, 5) is 1.98. The summed E-state index contributed by atoms with van der Waals surface area (Å²) < 4.78 is 20.2. The van der Waals surface area contributed by atoms with E-state index in [-0.39, 0.29) is 6.10 Å². The summed E-state index contributed by atoms with van der Waals surface area (Å²) in [6, 6.07) is 14.2. The second kappa shape index (κ2) is 8.79. The van der Waals surface area contributed by atoms with E-state index in [9.17, 15) is 9.67 Å². The van der Waals surface area contributed by atoms with Crippen LogP contribution < -0.4 is 10.2 Å². The Labute approximate surface area is 166 Å². The number of benzene rings is 2. The highest BCUT2D eigenvalue weighted by molar-refractivity contribution is 7.67. The number of aliphatic hydroxyl groups excluding tert-OH is 1. The molecule has 0 radical (unpaired) electrons. The second-order valence-electron chi connectivity index (χ2n) is 7.30. The molecule has 0 spiro atoms. The van der Waals surface area contributed by atoms with Crippen LogP contribution in [0.5, 0.6) is 0 Å². The van der Waals surface area contributed by atoms with Crippen molar-refractivity contribution in [1.82, 2.24) is 0 Å². The van der Waals surface area contributed by atoms with E-state index >= 15 is 0 Å². The van der Waals surface area contributed by atoms with Crippen LogP contribution in [0, 0.1) is 0 Å². The van der Waals surface area contributed by atoms with Crippen LogP contribution in [0.25, 0.3) is 0 Å². The number of anilines is 1. The van der Waals surface area contributed by atoms with Crippen LogP contribution in [0.3, 0.4) is 0 Å². The Morgan fingerprint density at radius 3 is 2.19 bits per heavy atom. The van der Waals surface area contributed by atoms with Crippen molar-refractivity contribution in [2.75, 3.05) is 19.0 Å². The zero-order chi connectivity index (χ0) is 19.4. The number of rotatable bonds is 6. The predicted octanol–water partition coefficient (Wildman–Crippen LogP) is 5.35. The molecule has 4 nitrogen and oxygen atoms in total. The Kier molecular flexibility index (Phi) is 6.65. The predicted molar refractivity (Wildman–Crippen MR) is 112 cm³/mol. The van der Waals surface area contributed by atoms with Gasteiger partial charge in [-0.15, -0.1) is 0 Å². The molecule has 2 aromatic carbocycles. The van der Waals surface area contributed by atoms with Crippen LogP contribution in [0.4, 0.5) is 5.69 Å². The molecule has 0 aliphatic heterocycles. The first-order chi connectivity index (χ1) is 12.9. The molecular formula is C21H27ClNO3P. The minimum absolute atomic E-state index is 0.0833. The van der Waals surface area contributed by atoms with Crippen molar-refractivity contribution in [2.24, 2.45) is 0 Å².